The van der Waals surface area contributed by atoms with Crippen molar-refractivity contribution in [3.63, 3.8) is 0 Å². The molecule has 0 unspecified atom stereocenters. The van der Waals surface area contributed by atoms with Gasteiger partial charge >= 0.3 is 6.18 Å². The normalized spacial score (nSPS) is 12.8. The van der Waals surface area contributed by atoms with Crippen LogP contribution in [-0.2, 0) is 34.2 Å². The van der Waals surface area contributed by atoms with E-state index >= 15 is 0 Å². The molecule has 2 rings (SSSR count). The predicted molar refractivity (Wildman–Crippen MR) is 89.0 cm³/mol. The van der Waals surface area contributed by atoms with Gasteiger partial charge in [0.05, 0.1) is 5.75 Å². The highest BCUT2D eigenvalue weighted by Gasteiger charge is 2.41. The van der Waals surface area contributed by atoms with Gasteiger partial charge in [0, 0.05) is 7.05 Å². The summed E-state index contributed by atoms with van der Waals surface area (Å²) in [6.45, 7) is 6.02. The zero-order valence-electron chi connectivity index (χ0n) is 14.7. The summed E-state index contributed by atoms with van der Waals surface area (Å²) in [6.07, 6.45) is -4.91. The standard InChI is InChI=1S/C17H18F3N3O2S/c1-16(2,3)12-7-5-11(6-8-12)10-26(24,25)15-13(9-21)14(17(18,19)20)22-23(15)4/h5-8H,10H2,1-4H3. The van der Waals surface area contributed by atoms with Crippen LogP contribution in [0.2, 0.25) is 0 Å². The number of nitriles is 1. The first-order chi connectivity index (χ1) is 11.8. The minimum Gasteiger partial charge on any atom is -0.255 e. The van der Waals surface area contributed by atoms with Crippen LogP contribution in [0.1, 0.15) is 43.2 Å². The quantitative estimate of drug-likeness (QED) is 0.809. The highest BCUT2D eigenvalue weighted by molar-refractivity contribution is 7.90. The molecule has 0 amide bonds. The molecule has 26 heavy (non-hydrogen) atoms. The molecule has 0 fully saturated rings. The SMILES string of the molecule is Cn1nc(C(F)(F)F)c(C#N)c1S(=O)(=O)Cc1ccc(C(C)(C)C)cc1. The summed E-state index contributed by atoms with van der Waals surface area (Å²) in [5, 5.41) is 11.5. The van der Waals surface area contributed by atoms with Crippen molar-refractivity contribution in [3.8, 4) is 6.07 Å². The van der Waals surface area contributed by atoms with Crippen molar-refractivity contribution >= 4 is 9.84 Å². The monoisotopic (exact) mass is 385 g/mol. The van der Waals surface area contributed by atoms with E-state index in [9.17, 15) is 21.6 Å². The maximum absolute atomic E-state index is 13.0. The van der Waals surface area contributed by atoms with E-state index in [-0.39, 0.29) is 5.41 Å². The van der Waals surface area contributed by atoms with Crippen molar-refractivity contribution in [1.82, 2.24) is 9.78 Å². The lowest BCUT2D eigenvalue weighted by Gasteiger charge is -2.19. The maximum Gasteiger partial charge on any atom is 0.436 e. The van der Waals surface area contributed by atoms with E-state index in [4.69, 9.17) is 5.26 Å². The summed E-state index contributed by atoms with van der Waals surface area (Å²) < 4.78 is 64.8. The first-order valence-corrected chi connectivity index (χ1v) is 9.29. The molecular formula is C17H18F3N3O2S. The van der Waals surface area contributed by atoms with E-state index in [0.717, 1.165) is 12.6 Å². The van der Waals surface area contributed by atoms with E-state index in [1.165, 1.54) is 6.07 Å². The van der Waals surface area contributed by atoms with E-state index in [0.29, 0.717) is 10.2 Å². The number of nitrogens with zero attached hydrogens (tertiary/aromatic N) is 3. The molecule has 0 saturated carbocycles. The maximum atomic E-state index is 13.0. The van der Waals surface area contributed by atoms with Gasteiger partial charge in [0.25, 0.3) is 0 Å². The largest absolute Gasteiger partial charge is 0.436 e. The molecule has 1 aromatic carbocycles. The molecular weight excluding hydrogens is 367 g/mol. The van der Waals surface area contributed by atoms with E-state index in [2.05, 4.69) is 5.10 Å². The average Bonchev–Trinajstić information content (AvgIpc) is 2.84. The van der Waals surface area contributed by atoms with Crippen molar-refractivity contribution in [2.45, 2.75) is 43.1 Å². The van der Waals surface area contributed by atoms with Crippen LogP contribution in [0.5, 0.6) is 0 Å². The Balaban J connectivity index is 2.46. The van der Waals surface area contributed by atoms with Gasteiger partial charge in [-0.2, -0.15) is 23.5 Å². The van der Waals surface area contributed by atoms with Gasteiger partial charge in [-0.15, -0.1) is 0 Å². The van der Waals surface area contributed by atoms with Gasteiger partial charge in [-0.3, -0.25) is 4.68 Å². The van der Waals surface area contributed by atoms with Crippen molar-refractivity contribution in [2.75, 3.05) is 0 Å². The summed E-state index contributed by atoms with van der Waals surface area (Å²) in [6, 6.07) is 8.12. The zero-order chi connectivity index (χ0) is 19.9. The van der Waals surface area contributed by atoms with E-state index in [1.54, 1.807) is 24.3 Å². The van der Waals surface area contributed by atoms with E-state index < -0.39 is 38.0 Å². The van der Waals surface area contributed by atoms with Crippen LogP contribution in [0.3, 0.4) is 0 Å². The molecule has 0 atom stereocenters. The van der Waals surface area contributed by atoms with Crippen molar-refractivity contribution in [3.05, 3.63) is 46.6 Å². The van der Waals surface area contributed by atoms with Crippen LogP contribution >= 0.6 is 0 Å². The van der Waals surface area contributed by atoms with Gasteiger partial charge in [-0.25, -0.2) is 8.42 Å². The summed E-state index contributed by atoms with van der Waals surface area (Å²) in [4.78, 5) is 0. The summed E-state index contributed by atoms with van der Waals surface area (Å²) >= 11 is 0. The summed E-state index contributed by atoms with van der Waals surface area (Å²) in [5.74, 6) is -0.525. The number of alkyl halides is 3. The first-order valence-electron chi connectivity index (χ1n) is 7.64. The Morgan fingerprint density at radius 1 is 1.15 bits per heavy atom. The molecule has 140 valence electrons. The van der Waals surface area contributed by atoms with Crippen LogP contribution in [-0.4, -0.2) is 18.2 Å². The molecule has 0 aliphatic heterocycles. The minimum atomic E-state index is -4.91. The topological polar surface area (TPSA) is 75.8 Å². The van der Waals surface area contributed by atoms with Gasteiger partial charge in [-0.1, -0.05) is 45.0 Å². The number of aryl methyl sites for hydroxylation is 1. The van der Waals surface area contributed by atoms with Gasteiger partial charge in [0.1, 0.15) is 11.6 Å². The molecule has 2 aromatic rings. The Labute approximate surface area is 150 Å². The molecule has 9 heteroatoms. The van der Waals surface area contributed by atoms with Gasteiger partial charge in [0.15, 0.2) is 10.7 Å². The molecule has 5 nitrogen and oxygen atoms in total. The Hall–Kier alpha value is -2.34. The molecule has 1 aromatic heterocycles. The fourth-order valence-corrected chi connectivity index (χ4v) is 4.22. The average molecular weight is 385 g/mol. The summed E-state index contributed by atoms with van der Waals surface area (Å²) in [5.41, 5.74) is -1.18. The zero-order valence-corrected chi connectivity index (χ0v) is 15.5. The van der Waals surface area contributed by atoms with Crippen LogP contribution < -0.4 is 0 Å². The number of rotatable bonds is 3. The van der Waals surface area contributed by atoms with Crippen LogP contribution in [0, 0.1) is 11.3 Å². The third-order valence-electron chi connectivity index (χ3n) is 3.85. The molecule has 0 saturated heterocycles. The molecule has 1 heterocycles. The highest BCUT2D eigenvalue weighted by Crippen LogP contribution is 2.34. The Morgan fingerprint density at radius 3 is 2.12 bits per heavy atom. The van der Waals surface area contributed by atoms with Gasteiger partial charge < -0.3 is 0 Å². The lowest BCUT2D eigenvalue weighted by atomic mass is 9.87. The van der Waals surface area contributed by atoms with Gasteiger partial charge in [0.2, 0.25) is 9.84 Å². The molecule has 0 aliphatic carbocycles. The summed E-state index contributed by atoms with van der Waals surface area (Å²) in [7, 11) is -3.12. The molecule has 0 radical (unpaired) electrons. The molecule has 0 aliphatic rings. The van der Waals surface area contributed by atoms with Crippen LogP contribution in [0.15, 0.2) is 29.3 Å². The van der Waals surface area contributed by atoms with E-state index in [1.807, 2.05) is 20.8 Å². The van der Waals surface area contributed by atoms with Crippen molar-refractivity contribution in [2.24, 2.45) is 7.05 Å². The highest BCUT2D eigenvalue weighted by atomic mass is 32.2. The molecule has 0 N–H and O–H groups in total. The third-order valence-corrected chi connectivity index (χ3v) is 5.62. The number of halogens is 3. The lowest BCUT2D eigenvalue weighted by Crippen LogP contribution is -2.13. The minimum absolute atomic E-state index is 0.116. The third kappa shape index (κ3) is 3.90. The molecule has 0 bridgehead atoms. The van der Waals surface area contributed by atoms with Crippen LogP contribution in [0.25, 0.3) is 0 Å². The number of hydrogen-bond donors (Lipinski definition) is 0. The second-order valence-electron chi connectivity index (χ2n) is 6.97. The molecule has 0 spiro atoms. The second-order valence-corrected chi connectivity index (χ2v) is 8.87. The predicted octanol–water partition coefficient (Wildman–Crippen LogP) is 3.58. The van der Waals surface area contributed by atoms with Gasteiger partial charge in [-0.05, 0) is 16.5 Å². The Morgan fingerprint density at radius 2 is 1.69 bits per heavy atom. The second kappa shape index (κ2) is 6.43. The smallest absolute Gasteiger partial charge is 0.255 e. The van der Waals surface area contributed by atoms with Crippen molar-refractivity contribution < 1.29 is 21.6 Å². The number of sulfone groups is 1. The number of hydrogen-bond acceptors (Lipinski definition) is 4. The Kier molecular flexibility index (Phi) is 4.94. The number of aromatic nitrogens is 2. The van der Waals surface area contributed by atoms with Crippen molar-refractivity contribution in [1.29, 1.82) is 5.26 Å². The first kappa shape index (κ1) is 20.0. The Bertz CT molecular complexity index is 961. The fourth-order valence-electron chi connectivity index (χ4n) is 2.55. The lowest BCUT2D eigenvalue weighted by molar-refractivity contribution is -0.141. The fraction of sp³-hybridized carbons (Fsp3) is 0.412. The number of benzene rings is 1. The van der Waals surface area contributed by atoms with Crippen LogP contribution in [0.4, 0.5) is 13.2 Å².